The molecule has 0 aliphatic rings. The summed E-state index contributed by atoms with van der Waals surface area (Å²) in [7, 11) is 0. The first-order chi connectivity index (χ1) is 6.07. The molecule has 0 amide bonds. The largest absolute Gasteiger partial charge is 0.480 e. The molecule has 0 saturated heterocycles. The minimum Gasteiger partial charge on any atom is -0.480 e. The molecule has 0 radical (unpaired) electrons. The van der Waals surface area contributed by atoms with Gasteiger partial charge in [-0.1, -0.05) is 6.08 Å². The van der Waals surface area contributed by atoms with Gasteiger partial charge in [0, 0.05) is 18.4 Å². The van der Waals surface area contributed by atoms with Crippen molar-refractivity contribution in [2.24, 2.45) is 0 Å². The van der Waals surface area contributed by atoms with Crippen LogP contribution in [0.2, 0.25) is 0 Å². The monoisotopic (exact) mass is 205 g/mol. The molecule has 0 saturated carbocycles. The standard InChI is InChI=1S/C7H11NO4S/c9-6(10)2-1-3-8-5(4-13)7(11)12/h1-2,5,8,13H,3-4H2,(H,9,10)(H,11,12)/t5-/m0/s1. The van der Waals surface area contributed by atoms with Crippen LogP contribution in [0.1, 0.15) is 0 Å². The van der Waals surface area contributed by atoms with Gasteiger partial charge in [-0.3, -0.25) is 4.79 Å². The zero-order valence-electron chi connectivity index (χ0n) is 6.80. The molecule has 0 aliphatic carbocycles. The van der Waals surface area contributed by atoms with E-state index in [4.69, 9.17) is 10.2 Å². The van der Waals surface area contributed by atoms with Crippen molar-refractivity contribution in [1.82, 2.24) is 5.32 Å². The fraction of sp³-hybridized carbons (Fsp3) is 0.429. The van der Waals surface area contributed by atoms with Gasteiger partial charge in [-0.25, -0.2) is 4.79 Å². The molecule has 0 spiro atoms. The summed E-state index contributed by atoms with van der Waals surface area (Å²) in [6.07, 6.45) is 2.28. The Morgan fingerprint density at radius 1 is 1.46 bits per heavy atom. The van der Waals surface area contributed by atoms with Crippen LogP contribution in [0.15, 0.2) is 12.2 Å². The van der Waals surface area contributed by atoms with Crippen LogP contribution < -0.4 is 5.32 Å². The van der Waals surface area contributed by atoms with Crippen molar-refractivity contribution in [2.75, 3.05) is 12.3 Å². The Balaban J connectivity index is 3.73. The maximum atomic E-state index is 10.4. The van der Waals surface area contributed by atoms with E-state index in [9.17, 15) is 9.59 Å². The number of hydrogen-bond acceptors (Lipinski definition) is 4. The second-order valence-corrected chi connectivity index (χ2v) is 2.59. The van der Waals surface area contributed by atoms with Gasteiger partial charge in [-0.05, 0) is 0 Å². The van der Waals surface area contributed by atoms with Gasteiger partial charge < -0.3 is 15.5 Å². The SMILES string of the molecule is O=C(O)C=CCN[C@@H](CS)C(=O)O. The number of hydrogen-bond donors (Lipinski definition) is 4. The van der Waals surface area contributed by atoms with Crippen molar-refractivity contribution in [3.05, 3.63) is 12.2 Å². The van der Waals surface area contributed by atoms with Gasteiger partial charge in [0.1, 0.15) is 6.04 Å². The van der Waals surface area contributed by atoms with E-state index in [1.54, 1.807) is 0 Å². The Morgan fingerprint density at radius 3 is 2.46 bits per heavy atom. The fourth-order valence-electron chi connectivity index (χ4n) is 0.600. The molecule has 0 aromatic rings. The Morgan fingerprint density at radius 2 is 2.08 bits per heavy atom. The molecule has 0 fully saturated rings. The lowest BCUT2D eigenvalue weighted by Crippen LogP contribution is -2.38. The van der Waals surface area contributed by atoms with E-state index in [-0.39, 0.29) is 12.3 Å². The molecule has 0 heterocycles. The van der Waals surface area contributed by atoms with Gasteiger partial charge in [0.25, 0.3) is 0 Å². The van der Waals surface area contributed by atoms with Crippen LogP contribution in [0, 0.1) is 0 Å². The lowest BCUT2D eigenvalue weighted by atomic mass is 10.3. The smallest absolute Gasteiger partial charge is 0.328 e. The Kier molecular flexibility index (Phi) is 5.99. The van der Waals surface area contributed by atoms with Crippen LogP contribution in [0.4, 0.5) is 0 Å². The third-order valence-corrected chi connectivity index (χ3v) is 1.59. The van der Waals surface area contributed by atoms with Crippen LogP contribution in [0.5, 0.6) is 0 Å². The number of carbonyl (C=O) groups is 2. The molecule has 5 nitrogen and oxygen atoms in total. The van der Waals surface area contributed by atoms with Gasteiger partial charge in [-0.15, -0.1) is 0 Å². The summed E-state index contributed by atoms with van der Waals surface area (Å²) < 4.78 is 0. The summed E-state index contributed by atoms with van der Waals surface area (Å²) >= 11 is 3.81. The summed E-state index contributed by atoms with van der Waals surface area (Å²) in [6, 6.07) is -0.748. The predicted octanol–water partition coefficient (Wildman–Crippen LogP) is -0.400. The number of carboxylic acids is 2. The summed E-state index contributed by atoms with van der Waals surface area (Å²) in [5.74, 6) is -1.89. The first kappa shape index (κ1) is 12.0. The molecule has 0 bridgehead atoms. The molecule has 3 N–H and O–H groups in total. The molecule has 0 aromatic carbocycles. The molecule has 1 atom stereocenters. The highest BCUT2D eigenvalue weighted by molar-refractivity contribution is 7.80. The van der Waals surface area contributed by atoms with E-state index >= 15 is 0 Å². The van der Waals surface area contributed by atoms with E-state index in [0.29, 0.717) is 0 Å². The van der Waals surface area contributed by atoms with Crippen molar-refractivity contribution >= 4 is 24.6 Å². The van der Waals surface area contributed by atoms with Crippen molar-refractivity contribution in [3.63, 3.8) is 0 Å². The van der Waals surface area contributed by atoms with Crippen LogP contribution in [-0.2, 0) is 9.59 Å². The first-order valence-electron chi connectivity index (χ1n) is 3.54. The van der Waals surface area contributed by atoms with E-state index < -0.39 is 18.0 Å². The van der Waals surface area contributed by atoms with Crippen LogP contribution in [0.25, 0.3) is 0 Å². The van der Waals surface area contributed by atoms with Gasteiger partial charge in [0.2, 0.25) is 0 Å². The number of carboxylic acid groups (broad SMARTS) is 2. The minimum atomic E-state index is -1.06. The zero-order chi connectivity index (χ0) is 10.3. The molecule has 6 heteroatoms. The van der Waals surface area contributed by atoms with Crippen molar-refractivity contribution < 1.29 is 19.8 Å². The highest BCUT2D eigenvalue weighted by Gasteiger charge is 2.12. The third kappa shape index (κ3) is 6.18. The van der Waals surface area contributed by atoms with Crippen molar-refractivity contribution in [1.29, 1.82) is 0 Å². The molecule has 0 rings (SSSR count). The fourth-order valence-corrected chi connectivity index (χ4v) is 0.885. The van der Waals surface area contributed by atoms with E-state index in [0.717, 1.165) is 6.08 Å². The van der Waals surface area contributed by atoms with E-state index in [1.165, 1.54) is 6.08 Å². The summed E-state index contributed by atoms with van der Waals surface area (Å²) in [5.41, 5.74) is 0. The quantitative estimate of drug-likeness (QED) is 0.350. The maximum absolute atomic E-state index is 10.4. The zero-order valence-corrected chi connectivity index (χ0v) is 7.70. The summed E-state index contributed by atoms with van der Waals surface area (Å²) in [5, 5.41) is 19.3. The van der Waals surface area contributed by atoms with Gasteiger partial charge >= 0.3 is 11.9 Å². The average Bonchev–Trinajstić information content (AvgIpc) is 2.03. The summed E-state index contributed by atoms with van der Waals surface area (Å²) in [4.78, 5) is 20.4. The lowest BCUT2D eigenvalue weighted by Gasteiger charge is -2.08. The van der Waals surface area contributed by atoms with Gasteiger partial charge in [0.15, 0.2) is 0 Å². The molecule has 74 valence electrons. The molecular formula is C7H11NO4S. The molecular weight excluding hydrogens is 194 g/mol. The number of aliphatic carboxylic acids is 2. The second kappa shape index (κ2) is 6.50. The highest BCUT2D eigenvalue weighted by atomic mass is 32.1. The minimum absolute atomic E-state index is 0.163. The van der Waals surface area contributed by atoms with Crippen molar-refractivity contribution in [2.45, 2.75) is 6.04 Å². The lowest BCUT2D eigenvalue weighted by molar-refractivity contribution is -0.138. The maximum Gasteiger partial charge on any atom is 0.328 e. The third-order valence-electron chi connectivity index (χ3n) is 1.22. The van der Waals surface area contributed by atoms with Gasteiger partial charge in [-0.2, -0.15) is 12.6 Å². The normalized spacial score (nSPS) is 13.0. The molecule has 13 heavy (non-hydrogen) atoms. The van der Waals surface area contributed by atoms with Crippen molar-refractivity contribution in [3.8, 4) is 0 Å². The molecule has 0 aliphatic heterocycles. The highest BCUT2D eigenvalue weighted by Crippen LogP contribution is 1.87. The van der Waals surface area contributed by atoms with Crippen LogP contribution in [-0.4, -0.2) is 40.5 Å². The molecule has 0 unspecified atom stereocenters. The number of thiol groups is 1. The average molecular weight is 205 g/mol. The first-order valence-corrected chi connectivity index (χ1v) is 4.17. The molecule has 0 aromatic heterocycles. The van der Waals surface area contributed by atoms with E-state index in [1.807, 2.05) is 0 Å². The van der Waals surface area contributed by atoms with Crippen LogP contribution in [0.3, 0.4) is 0 Å². The topological polar surface area (TPSA) is 86.6 Å². The van der Waals surface area contributed by atoms with Crippen LogP contribution >= 0.6 is 12.6 Å². The van der Waals surface area contributed by atoms with E-state index in [2.05, 4.69) is 17.9 Å². The Bertz CT molecular complexity index is 217. The predicted molar refractivity (Wildman–Crippen MR) is 50.1 cm³/mol. The van der Waals surface area contributed by atoms with Gasteiger partial charge in [0.05, 0.1) is 0 Å². The Labute approximate surface area is 80.9 Å². The second-order valence-electron chi connectivity index (χ2n) is 2.22. The number of nitrogens with one attached hydrogen (secondary N) is 1. The number of rotatable bonds is 6. The Hall–Kier alpha value is -1.01. The summed E-state index contributed by atoms with van der Waals surface area (Å²) in [6.45, 7) is 0.198.